The average molecular weight is 385 g/mol. The van der Waals surface area contributed by atoms with Crippen molar-refractivity contribution >= 4 is 5.96 Å². The highest BCUT2D eigenvalue weighted by atomic mass is 16.5. The van der Waals surface area contributed by atoms with Crippen LogP contribution in [0, 0.1) is 6.92 Å². The molecule has 28 heavy (non-hydrogen) atoms. The Labute approximate surface area is 167 Å². The van der Waals surface area contributed by atoms with Gasteiger partial charge in [-0.15, -0.1) is 0 Å². The van der Waals surface area contributed by atoms with Crippen LogP contribution in [0.5, 0.6) is 5.75 Å². The largest absolute Gasteiger partial charge is 0.496 e. The van der Waals surface area contributed by atoms with Gasteiger partial charge in [0.25, 0.3) is 0 Å². The molecule has 0 radical (unpaired) electrons. The molecule has 2 aromatic rings. The molecule has 6 heteroatoms. The van der Waals surface area contributed by atoms with Crippen LogP contribution in [0.4, 0.5) is 0 Å². The maximum absolute atomic E-state index is 11.7. The number of benzene rings is 1. The molecule has 0 unspecified atom stereocenters. The summed E-state index contributed by atoms with van der Waals surface area (Å²) in [7, 11) is 1.70. The fourth-order valence-electron chi connectivity index (χ4n) is 2.92. The summed E-state index contributed by atoms with van der Waals surface area (Å²) >= 11 is 0. The van der Waals surface area contributed by atoms with Crippen LogP contribution in [-0.4, -0.2) is 37.3 Å². The Morgan fingerprint density at radius 2 is 2.04 bits per heavy atom. The highest BCUT2D eigenvalue weighted by molar-refractivity contribution is 5.79. The summed E-state index contributed by atoms with van der Waals surface area (Å²) < 4.78 is 7.13. The molecule has 2 rings (SSSR count). The number of ether oxygens (including phenoxy) is 1. The monoisotopic (exact) mass is 384 g/mol. The van der Waals surface area contributed by atoms with Gasteiger partial charge in [-0.25, -0.2) is 0 Å². The summed E-state index contributed by atoms with van der Waals surface area (Å²) in [4.78, 5) is 16.3. The molecule has 0 amide bonds. The second-order valence-corrected chi connectivity index (χ2v) is 6.68. The first kappa shape index (κ1) is 21.5. The number of methoxy groups -OCH3 is 1. The van der Waals surface area contributed by atoms with Gasteiger partial charge in [0.05, 0.1) is 7.11 Å². The lowest BCUT2D eigenvalue weighted by Gasteiger charge is -2.12. The van der Waals surface area contributed by atoms with E-state index in [-0.39, 0.29) is 5.56 Å². The van der Waals surface area contributed by atoms with Crippen LogP contribution in [0.3, 0.4) is 0 Å². The third-order valence-electron chi connectivity index (χ3n) is 4.50. The SMILES string of the molecule is CCNC(=NCCCCn1ccccc1=O)NCCc1ccc(C)c(OC)c1. The van der Waals surface area contributed by atoms with E-state index in [1.165, 1.54) is 5.56 Å². The Balaban J connectivity index is 1.75. The molecule has 0 aliphatic heterocycles. The van der Waals surface area contributed by atoms with Gasteiger partial charge in [-0.3, -0.25) is 9.79 Å². The summed E-state index contributed by atoms with van der Waals surface area (Å²) in [5, 5.41) is 6.66. The van der Waals surface area contributed by atoms with Gasteiger partial charge in [0.1, 0.15) is 5.75 Å². The zero-order valence-corrected chi connectivity index (χ0v) is 17.2. The van der Waals surface area contributed by atoms with E-state index in [4.69, 9.17) is 4.74 Å². The minimum absolute atomic E-state index is 0.0498. The zero-order valence-electron chi connectivity index (χ0n) is 17.2. The molecule has 0 saturated heterocycles. The van der Waals surface area contributed by atoms with Crippen molar-refractivity contribution in [3.63, 3.8) is 0 Å². The van der Waals surface area contributed by atoms with Gasteiger partial charge in [0, 0.05) is 38.4 Å². The third kappa shape index (κ3) is 7.10. The molecule has 1 heterocycles. The number of pyridine rings is 1. The number of aromatic nitrogens is 1. The van der Waals surface area contributed by atoms with Crippen LogP contribution in [-0.2, 0) is 13.0 Å². The van der Waals surface area contributed by atoms with Crippen molar-refractivity contribution < 1.29 is 4.74 Å². The molecule has 1 aromatic heterocycles. The molecule has 152 valence electrons. The minimum Gasteiger partial charge on any atom is -0.496 e. The summed E-state index contributed by atoms with van der Waals surface area (Å²) in [6.07, 6.45) is 4.60. The predicted octanol–water partition coefficient (Wildman–Crippen LogP) is 2.74. The molecule has 0 fully saturated rings. The number of hydrogen-bond donors (Lipinski definition) is 2. The van der Waals surface area contributed by atoms with Crippen molar-refractivity contribution in [2.45, 2.75) is 39.7 Å². The van der Waals surface area contributed by atoms with Crippen molar-refractivity contribution in [1.29, 1.82) is 0 Å². The molecule has 0 atom stereocenters. The fraction of sp³-hybridized carbons (Fsp3) is 0.455. The average Bonchev–Trinajstić information content (AvgIpc) is 2.70. The molecule has 2 N–H and O–H groups in total. The number of hydrogen-bond acceptors (Lipinski definition) is 3. The number of unbranched alkanes of at least 4 members (excludes halogenated alkanes) is 1. The quantitative estimate of drug-likeness (QED) is 0.375. The molecule has 0 aliphatic carbocycles. The third-order valence-corrected chi connectivity index (χ3v) is 4.50. The number of nitrogens with zero attached hydrogens (tertiary/aromatic N) is 2. The molecule has 1 aromatic carbocycles. The Morgan fingerprint density at radius 1 is 1.18 bits per heavy atom. The zero-order chi connectivity index (χ0) is 20.2. The van der Waals surface area contributed by atoms with E-state index in [2.05, 4.69) is 40.7 Å². The maximum atomic E-state index is 11.7. The van der Waals surface area contributed by atoms with E-state index in [0.29, 0.717) is 0 Å². The van der Waals surface area contributed by atoms with Crippen LogP contribution in [0.2, 0.25) is 0 Å². The molecule has 0 aliphatic rings. The molecular formula is C22H32N4O2. The van der Waals surface area contributed by atoms with Crippen LogP contribution >= 0.6 is 0 Å². The number of guanidine groups is 1. The van der Waals surface area contributed by atoms with E-state index in [0.717, 1.165) is 62.7 Å². The molecule has 0 bridgehead atoms. The Hall–Kier alpha value is -2.76. The van der Waals surface area contributed by atoms with Gasteiger partial charge in [-0.05, 0) is 56.4 Å². The number of nitrogens with one attached hydrogen (secondary N) is 2. The number of aryl methyl sites for hydroxylation is 2. The molecule has 0 spiro atoms. The fourth-order valence-corrected chi connectivity index (χ4v) is 2.92. The normalized spacial score (nSPS) is 11.3. The predicted molar refractivity (Wildman–Crippen MR) is 115 cm³/mol. The van der Waals surface area contributed by atoms with E-state index in [1.807, 2.05) is 19.2 Å². The summed E-state index contributed by atoms with van der Waals surface area (Å²) in [6.45, 7) is 7.19. The van der Waals surface area contributed by atoms with E-state index in [9.17, 15) is 4.79 Å². The molecule has 6 nitrogen and oxygen atoms in total. The second-order valence-electron chi connectivity index (χ2n) is 6.68. The lowest BCUT2D eigenvalue weighted by molar-refractivity contribution is 0.411. The number of rotatable bonds is 10. The Morgan fingerprint density at radius 3 is 2.79 bits per heavy atom. The van der Waals surface area contributed by atoms with Gasteiger partial charge < -0.3 is 19.9 Å². The van der Waals surface area contributed by atoms with Crippen LogP contribution in [0.1, 0.15) is 30.9 Å². The lowest BCUT2D eigenvalue weighted by Crippen LogP contribution is -2.38. The summed E-state index contributed by atoms with van der Waals surface area (Å²) in [5.41, 5.74) is 2.43. The second kappa shape index (κ2) is 11.8. The van der Waals surface area contributed by atoms with Gasteiger partial charge in [0.15, 0.2) is 5.96 Å². The summed E-state index contributed by atoms with van der Waals surface area (Å²) in [6, 6.07) is 11.6. The number of aliphatic imine (C=N–C) groups is 1. The van der Waals surface area contributed by atoms with Crippen molar-refractivity contribution in [1.82, 2.24) is 15.2 Å². The van der Waals surface area contributed by atoms with E-state index >= 15 is 0 Å². The van der Waals surface area contributed by atoms with Gasteiger partial charge in [-0.1, -0.05) is 18.2 Å². The highest BCUT2D eigenvalue weighted by Crippen LogP contribution is 2.18. The van der Waals surface area contributed by atoms with E-state index in [1.54, 1.807) is 23.8 Å². The Kier molecular flexibility index (Phi) is 9.11. The van der Waals surface area contributed by atoms with Gasteiger partial charge >= 0.3 is 0 Å². The van der Waals surface area contributed by atoms with Crippen molar-refractivity contribution in [3.8, 4) is 5.75 Å². The van der Waals surface area contributed by atoms with Crippen molar-refractivity contribution in [3.05, 3.63) is 64.1 Å². The van der Waals surface area contributed by atoms with Crippen molar-refractivity contribution in [2.75, 3.05) is 26.7 Å². The molecular weight excluding hydrogens is 352 g/mol. The topological polar surface area (TPSA) is 67.7 Å². The first-order valence-corrected chi connectivity index (χ1v) is 9.95. The van der Waals surface area contributed by atoms with Gasteiger partial charge in [-0.2, -0.15) is 0 Å². The first-order valence-electron chi connectivity index (χ1n) is 9.95. The summed E-state index contributed by atoms with van der Waals surface area (Å²) in [5.74, 6) is 1.76. The van der Waals surface area contributed by atoms with Crippen molar-refractivity contribution in [2.24, 2.45) is 4.99 Å². The van der Waals surface area contributed by atoms with Crippen LogP contribution in [0.15, 0.2) is 52.4 Å². The first-order chi connectivity index (χ1) is 13.6. The lowest BCUT2D eigenvalue weighted by atomic mass is 10.1. The maximum Gasteiger partial charge on any atom is 0.250 e. The standard InChI is InChI=1S/C22H32N4O2/c1-4-23-22(24-13-6-8-16-26-15-7-5-9-21(26)27)25-14-12-19-11-10-18(2)20(17-19)28-3/h5,7,9-11,15,17H,4,6,8,12-14,16H2,1-3H3,(H2,23,24,25). The van der Waals surface area contributed by atoms with E-state index < -0.39 is 0 Å². The smallest absolute Gasteiger partial charge is 0.250 e. The van der Waals surface area contributed by atoms with Crippen LogP contribution in [0.25, 0.3) is 0 Å². The van der Waals surface area contributed by atoms with Crippen LogP contribution < -0.4 is 20.9 Å². The minimum atomic E-state index is 0.0498. The highest BCUT2D eigenvalue weighted by Gasteiger charge is 2.02. The Bertz CT molecular complexity index is 814. The molecule has 0 saturated carbocycles. The van der Waals surface area contributed by atoms with Gasteiger partial charge in [0.2, 0.25) is 5.56 Å².